The lowest BCUT2D eigenvalue weighted by Crippen LogP contribution is -2.32. The Morgan fingerprint density at radius 2 is 2.18 bits per heavy atom. The van der Waals surface area contributed by atoms with E-state index in [-0.39, 0.29) is 18.4 Å². The van der Waals surface area contributed by atoms with E-state index in [1.165, 1.54) is 16.2 Å². The van der Waals surface area contributed by atoms with Crippen LogP contribution >= 0.6 is 11.3 Å². The van der Waals surface area contributed by atoms with Gasteiger partial charge in [-0.3, -0.25) is 9.59 Å². The predicted octanol–water partition coefficient (Wildman–Crippen LogP) is 2.21. The number of nitrogens with zero attached hydrogens (tertiary/aromatic N) is 1. The number of thiazole rings is 1. The van der Waals surface area contributed by atoms with Gasteiger partial charge in [0.1, 0.15) is 11.5 Å². The average molecular weight is 319 g/mol. The van der Waals surface area contributed by atoms with Crippen molar-refractivity contribution in [1.29, 1.82) is 0 Å². The summed E-state index contributed by atoms with van der Waals surface area (Å²) in [7, 11) is 0. The van der Waals surface area contributed by atoms with E-state index in [1.807, 2.05) is 0 Å². The zero-order chi connectivity index (χ0) is 15.7. The molecule has 1 aliphatic rings. The van der Waals surface area contributed by atoms with Gasteiger partial charge in [-0.15, -0.1) is 11.3 Å². The topological polar surface area (TPSA) is 84.2 Å². The molecule has 7 heteroatoms. The van der Waals surface area contributed by atoms with E-state index in [4.69, 9.17) is 4.42 Å². The number of carbonyl (C=O) groups excluding carboxylic acids is 2. The van der Waals surface area contributed by atoms with Gasteiger partial charge in [0.15, 0.2) is 5.13 Å². The second kappa shape index (κ2) is 5.92. The molecule has 0 aliphatic heterocycles. The van der Waals surface area contributed by atoms with Gasteiger partial charge in [-0.2, -0.15) is 0 Å². The van der Waals surface area contributed by atoms with Gasteiger partial charge in [-0.25, -0.2) is 4.98 Å². The standard InChI is InChI=1S/C15H17N3O3S/c1-8-6-10(9(2)21-8)14(20)16-7-13(19)18-15-17-11-4-3-5-12(11)22-15/h6H,3-5,7H2,1-2H3,(H,16,20)(H,17,18,19). The number of amides is 2. The number of anilines is 1. The van der Waals surface area contributed by atoms with Gasteiger partial charge in [0.05, 0.1) is 17.8 Å². The SMILES string of the molecule is Cc1cc(C(=O)NCC(=O)Nc2nc3c(s2)CCC3)c(C)o1. The van der Waals surface area contributed by atoms with Crippen molar-refractivity contribution in [2.24, 2.45) is 0 Å². The van der Waals surface area contributed by atoms with E-state index in [0.29, 0.717) is 22.2 Å². The highest BCUT2D eigenvalue weighted by Gasteiger charge is 2.18. The maximum atomic E-state index is 12.0. The normalized spacial score (nSPS) is 13.0. The van der Waals surface area contributed by atoms with Gasteiger partial charge < -0.3 is 15.1 Å². The third-order valence-electron chi connectivity index (χ3n) is 3.54. The number of hydrogen-bond donors (Lipinski definition) is 2. The number of hydrogen-bond acceptors (Lipinski definition) is 5. The molecule has 0 saturated carbocycles. The summed E-state index contributed by atoms with van der Waals surface area (Å²) >= 11 is 1.52. The maximum absolute atomic E-state index is 12.0. The molecule has 0 spiro atoms. The van der Waals surface area contributed by atoms with Gasteiger partial charge in [0.2, 0.25) is 5.91 Å². The van der Waals surface area contributed by atoms with Crippen molar-refractivity contribution >= 4 is 28.3 Å². The lowest BCUT2D eigenvalue weighted by Gasteiger charge is -2.04. The second-order valence-electron chi connectivity index (χ2n) is 5.30. The van der Waals surface area contributed by atoms with E-state index in [1.54, 1.807) is 19.9 Å². The Kier molecular flexibility index (Phi) is 3.98. The first kappa shape index (κ1) is 14.8. The van der Waals surface area contributed by atoms with E-state index < -0.39 is 0 Å². The third kappa shape index (κ3) is 3.04. The Morgan fingerprint density at radius 3 is 2.86 bits per heavy atom. The maximum Gasteiger partial charge on any atom is 0.255 e. The summed E-state index contributed by atoms with van der Waals surface area (Å²) in [6, 6.07) is 1.66. The van der Waals surface area contributed by atoms with Crippen LogP contribution in [0.2, 0.25) is 0 Å². The number of nitrogens with one attached hydrogen (secondary N) is 2. The molecule has 2 amide bonds. The molecule has 0 atom stereocenters. The molecule has 2 heterocycles. The highest BCUT2D eigenvalue weighted by molar-refractivity contribution is 7.15. The second-order valence-corrected chi connectivity index (χ2v) is 6.38. The molecule has 2 aromatic rings. The van der Waals surface area contributed by atoms with Gasteiger partial charge in [0.25, 0.3) is 5.91 Å². The average Bonchev–Trinajstić information content (AvgIpc) is 3.10. The van der Waals surface area contributed by atoms with Crippen molar-refractivity contribution in [1.82, 2.24) is 10.3 Å². The molecule has 3 rings (SSSR count). The van der Waals surface area contributed by atoms with E-state index in [0.717, 1.165) is 25.0 Å². The van der Waals surface area contributed by atoms with Crippen LogP contribution in [0, 0.1) is 13.8 Å². The molecule has 0 bridgehead atoms. The largest absolute Gasteiger partial charge is 0.466 e. The van der Waals surface area contributed by atoms with Crippen molar-refractivity contribution < 1.29 is 14.0 Å². The van der Waals surface area contributed by atoms with Crippen molar-refractivity contribution in [3.63, 3.8) is 0 Å². The Bertz CT molecular complexity index is 711. The molecule has 116 valence electrons. The molecular formula is C15H17N3O3S. The fourth-order valence-corrected chi connectivity index (χ4v) is 3.59. The lowest BCUT2D eigenvalue weighted by molar-refractivity contribution is -0.115. The summed E-state index contributed by atoms with van der Waals surface area (Å²) in [4.78, 5) is 29.5. The number of carbonyl (C=O) groups is 2. The van der Waals surface area contributed by atoms with Crippen molar-refractivity contribution in [2.75, 3.05) is 11.9 Å². The Balaban J connectivity index is 1.53. The zero-order valence-corrected chi connectivity index (χ0v) is 13.3. The van der Waals surface area contributed by atoms with Crippen LogP contribution in [-0.2, 0) is 17.6 Å². The summed E-state index contributed by atoms with van der Waals surface area (Å²) in [6.07, 6.45) is 3.16. The third-order valence-corrected chi connectivity index (χ3v) is 4.61. The summed E-state index contributed by atoms with van der Waals surface area (Å²) < 4.78 is 5.30. The molecule has 6 nitrogen and oxygen atoms in total. The van der Waals surface area contributed by atoms with Crippen LogP contribution < -0.4 is 10.6 Å². The van der Waals surface area contributed by atoms with Crippen LogP contribution in [0.3, 0.4) is 0 Å². The minimum Gasteiger partial charge on any atom is -0.466 e. The predicted molar refractivity (Wildman–Crippen MR) is 83.3 cm³/mol. The Hall–Kier alpha value is -2.15. The monoisotopic (exact) mass is 319 g/mol. The zero-order valence-electron chi connectivity index (χ0n) is 12.5. The fourth-order valence-electron chi connectivity index (χ4n) is 2.52. The molecule has 0 saturated heterocycles. The first-order chi connectivity index (χ1) is 10.5. The highest BCUT2D eigenvalue weighted by Crippen LogP contribution is 2.30. The summed E-state index contributed by atoms with van der Waals surface area (Å²) in [5, 5.41) is 5.93. The first-order valence-corrected chi connectivity index (χ1v) is 7.98. The molecular weight excluding hydrogens is 302 g/mol. The van der Waals surface area contributed by atoms with Gasteiger partial charge in [0, 0.05) is 4.88 Å². The van der Waals surface area contributed by atoms with Crippen LogP contribution in [0.4, 0.5) is 5.13 Å². The Labute approximate surface area is 131 Å². The van der Waals surface area contributed by atoms with E-state index in [2.05, 4.69) is 15.6 Å². The van der Waals surface area contributed by atoms with Gasteiger partial charge in [-0.05, 0) is 39.2 Å². The number of furan rings is 1. The summed E-state index contributed by atoms with van der Waals surface area (Å²) in [5.41, 5.74) is 1.55. The number of rotatable bonds is 4. The lowest BCUT2D eigenvalue weighted by atomic mass is 10.2. The van der Waals surface area contributed by atoms with Crippen LogP contribution in [0.5, 0.6) is 0 Å². The quantitative estimate of drug-likeness (QED) is 0.905. The number of fused-ring (bicyclic) bond motifs is 1. The molecule has 1 aliphatic carbocycles. The minimum atomic E-state index is -0.314. The van der Waals surface area contributed by atoms with E-state index in [9.17, 15) is 9.59 Å². The van der Waals surface area contributed by atoms with Crippen LogP contribution in [0.1, 0.15) is 38.9 Å². The van der Waals surface area contributed by atoms with Crippen molar-refractivity contribution in [3.05, 3.63) is 33.7 Å². The van der Waals surface area contributed by atoms with Crippen molar-refractivity contribution in [2.45, 2.75) is 33.1 Å². The van der Waals surface area contributed by atoms with Gasteiger partial charge >= 0.3 is 0 Å². The summed E-state index contributed by atoms with van der Waals surface area (Å²) in [6.45, 7) is 3.41. The molecule has 0 unspecified atom stereocenters. The summed E-state index contributed by atoms with van der Waals surface area (Å²) in [5.74, 6) is 0.626. The van der Waals surface area contributed by atoms with Crippen LogP contribution in [0.15, 0.2) is 10.5 Å². The van der Waals surface area contributed by atoms with Crippen LogP contribution in [-0.4, -0.2) is 23.3 Å². The number of aryl methyl sites for hydroxylation is 4. The molecule has 2 N–H and O–H groups in total. The molecule has 0 radical (unpaired) electrons. The Morgan fingerprint density at radius 1 is 1.36 bits per heavy atom. The molecule has 0 aromatic carbocycles. The first-order valence-electron chi connectivity index (χ1n) is 7.16. The minimum absolute atomic E-state index is 0.0905. The number of aromatic nitrogens is 1. The molecule has 22 heavy (non-hydrogen) atoms. The van der Waals surface area contributed by atoms with E-state index >= 15 is 0 Å². The highest BCUT2D eigenvalue weighted by atomic mass is 32.1. The molecule has 0 fully saturated rings. The smallest absolute Gasteiger partial charge is 0.255 e. The van der Waals surface area contributed by atoms with Crippen LogP contribution in [0.25, 0.3) is 0 Å². The van der Waals surface area contributed by atoms with Crippen molar-refractivity contribution in [3.8, 4) is 0 Å². The molecule has 2 aromatic heterocycles. The van der Waals surface area contributed by atoms with Gasteiger partial charge in [-0.1, -0.05) is 0 Å². The fraction of sp³-hybridized carbons (Fsp3) is 0.400.